The van der Waals surface area contributed by atoms with E-state index in [1.807, 2.05) is 29.2 Å². The fourth-order valence-electron chi connectivity index (χ4n) is 4.37. The first-order valence-electron chi connectivity index (χ1n) is 10.3. The third-order valence-electron chi connectivity index (χ3n) is 6.02. The summed E-state index contributed by atoms with van der Waals surface area (Å²) in [4.78, 5) is 29.2. The van der Waals surface area contributed by atoms with E-state index in [-0.39, 0.29) is 11.5 Å². The highest BCUT2D eigenvalue weighted by molar-refractivity contribution is 5.95. The number of aryl methyl sites for hydroxylation is 1. The van der Waals surface area contributed by atoms with Crippen molar-refractivity contribution in [1.82, 2.24) is 19.6 Å². The Balaban J connectivity index is 1.44. The van der Waals surface area contributed by atoms with E-state index in [1.54, 1.807) is 13.1 Å². The molecule has 3 heterocycles. The number of likely N-dealkylation sites (tertiary alicyclic amines) is 2. The molecule has 2 saturated heterocycles. The summed E-state index contributed by atoms with van der Waals surface area (Å²) in [5.41, 5.74) is 2.09. The fraction of sp³-hybridized carbons (Fsp3) is 0.500. The number of amides is 1. The van der Waals surface area contributed by atoms with Gasteiger partial charge in [-0.3, -0.25) is 9.59 Å². The van der Waals surface area contributed by atoms with Gasteiger partial charge in [0, 0.05) is 43.4 Å². The molecule has 1 amide bonds. The number of benzene rings is 1. The van der Waals surface area contributed by atoms with Gasteiger partial charge < -0.3 is 9.80 Å². The van der Waals surface area contributed by atoms with Crippen molar-refractivity contribution in [1.29, 1.82) is 0 Å². The van der Waals surface area contributed by atoms with E-state index in [0.29, 0.717) is 17.3 Å². The molecule has 6 heteroatoms. The summed E-state index contributed by atoms with van der Waals surface area (Å²) in [6.07, 6.45) is 6.10. The van der Waals surface area contributed by atoms with Crippen LogP contribution in [0.2, 0.25) is 0 Å². The number of carbonyl (C=O) groups is 1. The lowest BCUT2D eigenvalue weighted by atomic mass is 9.99. The first kappa shape index (κ1) is 18.9. The zero-order valence-electron chi connectivity index (χ0n) is 16.5. The molecule has 1 aromatic carbocycles. The number of piperidine rings is 2. The second-order valence-corrected chi connectivity index (χ2v) is 7.88. The Morgan fingerprint density at radius 3 is 2.46 bits per heavy atom. The third-order valence-corrected chi connectivity index (χ3v) is 6.02. The monoisotopic (exact) mass is 380 g/mol. The fourth-order valence-corrected chi connectivity index (χ4v) is 4.37. The minimum Gasteiger partial charge on any atom is -0.339 e. The minimum absolute atomic E-state index is 0.0868. The second-order valence-electron chi connectivity index (χ2n) is 7.88. The van der Waals surface area contributed by atoms with Crippen LogP contribution in [0.5, 0.6) is 0 Å². The van der Waals surface area contributed by atoms with Crippen molar-refractivity contribution in [2.75, 3.05) is 26.2 Å². The zero-order chi connectivity index (χ0) is 19.5. The maximum atomic E-state index is 13.0. The summed E-state index contributed by atoms with van der Waals surface area (Å²) in [6.45, 7) is 4.07. The predicted molar refractivity (Wildman–Crippen MR) is 109 cm³/mol. The molecule has 2 aromatic rings. The number of rotatable bonds is 3. The van der Waals surface area contributed by atoms with Crippen LogP contribution in [0.3, 0.4) is 0 Å². The summed E-state index contributed by atoms with van der Waals surface area (Å²) in [5, 5.41) is 4.29. The van der Waals surface area contributed by atoms with E-state index in [2.05, 4.69) is 10.00 Å². The Bertz CT molecular complexity index is 893. The molecule has 148 valence electrons. The van der Waals surface area contributed by atoms with Gasteiger partial charge in [0.25, 0.3) is 11.5 Å². The number of carbonyl (C=O) groups excluding carboxylic acids is 1. The zero-order valence-corrected chi connectivity index (χ0v) is 16.5. The van der Waals surface area contributed by atoms with Gasteiger partial charge in [-0.15, -0.1) is 0 Å². The van der Waals surface area contributed by atoms with Crippen molar-refractivity contribution in [2.24, 2.45) is 7.05 Å². The molecular weight excluding hydrogens is 352 g/mol. The molecular formula is C22H28N4O2. The van der Waals surface area contributed by atoms with Crippen LogP contribution >= 0.6 is 0 Å². The smallest absolute Gasteiger partial charge is 0.266 e. The molecule has 0 saturated carbocycles. The van der Waals surface area contributed by atoms with Crippen LogP contribution in [0.4, 0.5) is 0 Å². The highest BCUT2D eigenvalue weighted by Crippen LogP contribution is 2.23. The molecule has 0 unspecified atom stereocenters. The van der Waals surface area contributed by atoms with Gasteiger partial charge in [0.1, 0.15) is 0 Å². The molecule has 0 atom stereocenters. The highest BCUT2D eigenvalue weighted by atomic mass is 16.2. The molecule has 2 aliphatic heterocycles. The number of aromatic nitrogens is 2. The Morgan fingerprint density at radius 2 is 1.75 bits per heavy atom. The third kappa shape index (κ3) is 4.02. The Hall–Kier alpha value is -2.47. The van der Waals surface area contributed by atoms with Crippen molar-refractivity contribution in [3.8, 4) is 11.3 Å². The molecule has 1 aromatic heterocycles. The van der Waals surface area contributed by atoms with Crippen molar-refractivity contribution in [3.05, 3.63) is 52.3 Å². The molecule has 0 radical (unpaired) electrons. The Morgan fingerprint density at radius 1 is 1.00 bits per heavy atom. The SMILES string of the molecule is Cn1nc(-c2cccc(C(=O)N3CCC(N4CCCCC4)CC3)c2)ccc1=O. The van der Waals surface area contributed by atoms with Crippen LogP contribution < -0.4 is 5.56 Å². The molecule has 6 nitrogen and oxygen atoms in total. The average molecular weight is 380 g/mol. The van der Waals surface area contributed by atoms with Gasteiger partial charge in [-0.05, 0) is 57.0 Å². The highest BCUT2D eigenvalue weighted by Gasteiger charge is 2.28. The van der Waals surface area contributed by atoms with Crippen LogP contribution in [0.25, 0.3) is 11.3 Å². The number of hydrogen-bond acceptors (Lipinski definition) is 4. The normalized spacial score (nSPS) is 19.0. The quantitative estimate of drug-likeness (QED) is 0.821. The lowest BCUT2D eigenvalue weighted by Crippen LogP contribution is -2.48. The van der Waals surface area contributed by atoms with E-state index in [9.17, 15) is 9.59 Å². The number of nitrogens with zero attached hydrogens (tertiary/aromatic N) is 4. The molecule has 0 spiro atoms. The van der Waals surface area contributed by atoms with Crippen LogP contribution in [0.15, 0.2) is 41.2 Å². The van der Waals surface area contributed by atoms with Crippen molar-refractivity contribution < 1.29 is 4.79 Å². The van der Waals surface area contributed by atoms with Crippen LogP contribution in [0, 0.1) is 0 Å². The van der Waals surface area contributed by atoms with Gasteiger partial charge in [0.15, 0.2) is 0 Å². The molecule has 0 aliphatic carbocycles. The maximum Gasteiger partial charge on any atom is 0.266 e. The molecule has 4 rings (SSSR count). The van der Waals surface area contributed by atoms with E-state index < -0.39 is 0 Å². The Kier molecular flexibility index (Phi) is 5.57. The second kappa shape index (κ2) is 8.27. The minimum atomic E-state index is -0.146. The number of hydrogen-bond donors (Lipinski definition) is 0. The van der Waals surface area contributed by atoms with E-state index in [1.165, 1.54) is 43.1 Å². The summed E-state index contributed by atoms with van der Waals surface area (Å²) in [6, 6.07) is 11.4. The average Bonchev–Trinajstić information content (AvgIpc) is 2.76. The first-order valence-corrected chi connectivity index (χ1v) is 10.3. The van der Waals surface area contributed by atoms with Crippen molar-refractivity contribution in [2.45, 2.75) is 38.1 Å². The lowest BCUT2D eigenvalue weighted by Gasteiger charge is -2.40. The van der Waals surface area contributed by atoms with Crippen LogP contribution in [-0.4, -0.2) is 57.7 Å². The molecule has 0 bridgehead atoms. The van der Waals surface area contributed by atoms with Crippen molar-refractivity contribution >= 4 is 5.91 Å². The molecule has 28 heavy (non-hydrogen) atoms. The van der Waals surface area contributed by atoms with Gasteiger partial charge in [0.05, 0.1) is 5.69 Å². The lowest BCUT2D eigenvalue weighted by molar-refractivity contribution is 0.0590. The van der Waals surface area contributed by atoms with E-state index >= 15 is 0 Å². The largest absolute Gasteiger partial charge is 0.339 e. The Labute approximate surface area is 165 Å². The van der Waals surface area contributed by atoms with Crippen LogP contribution in [-0.2, 0) is 7.05 Å². The summed E-state index contributed by atoms with van der Waals surface area (Å²) < 4.78 is 1.31. The molecule has 2 fully saturated rings. The van der Waals surface area contributed by atoms with Gasteiger partial charge in [-0.2, -0.15) is 5.10 Å². The van der Waals surface area contributed by atoms with Crippen molar-refractivity contribution in [3.63, 3.8) is 0 Å². The predicted octanol–water partition coefficient (Wildman–Crippen LogP) is 2.54. The summed E-state index contributed by atoms with van der Waals surface area (Å²) >= 11 is 0. The first-order chi connectivity index (χ1) is 13.6. The standard InChI is InChI=1S/C22H28N4O2/c1-24-21(27)9-8-20(23-24)17-6-5-7-18(16-17)22(28)26-14-10-19(11-15-26)25-12-3-2-4-13-25/h5-9,16,19H,2-4,10-15H2,1H3. The van der Waals surface area contributed by atoms with Gasteiger partial charge >= 0.3 is 0 Å². The molecule has 0 N–H and O–H groups in total. The summed E-state index contributed by atoms with van der Waals surface area (Å²) in [5.74, 6) is 0.0868. The maximum absolute atomic E-state index is 13.0. The van der Waals surface area contributed by atoms with Gasteiger partial charge in [-0.25, -0.2) is 4.68 Å². The van der Waals surface area contributed by atoms with E-state index in [0.717, 1.165) is 31.5 Å². The van der Waals surface area contributed by atoms with Crippen LogP contribution in [0.1, 0.15) is 42.5 Å². The topological polar surface area (TPSA) is 58.4 Å². The summed E-state index contributed by atoms with van der Waals surface area (Å²) in [7, 11) is 1.63. The van der Waals surface area contributed by atoms with E-state index in [4.69, 9.17) is 0 Å². The van der Waals surface area contributed by atoms with Gasteiger partial charge in [0.2, 0.25) is 0 Å². The van der Waals surface area contributed by atoms with Gasteiger partial charge in [-0.1, -0.05) is 18.6 Å². The molecule has 2 aliphatic rings.